The van der Waals surface area contributed by atoms with E-state index in [-0.39, 0.29) is 11.5 Å². The maximum atomic E-state index is 10.3. The van der Waals surface area contributed by atoms with E-state index in [1.165, 1.54) is 6.20 Å². The number of aromatic hydroxyl groups is 2. The van der Waals surface area contributed by atoms with Gasteiger partial charge in [0, 0.05) is 22.5 Å². The van der Waals surface area contributed by atoms with Gasteiger partial charge in [0.25, 0.3) is 0 Å². The monoisotopic (exact) mass is 391 g/mol. The van der Waals surface area contributed by atoms with E-state index in [9.17, 15) is 10.2 Å². The normalized spacial score (nSPS) is 11.5. The van der Waals surface area contributed by atoms with Crippen molar-refractivity contribution in [2.75, 3.05) is 0 Å². The number of rotatable bonds is 3. The SMILES string of the molecule is Oc1cnccc1-c1cc2ccccc2c(C=Nc2cccc3cccc(O)c23)n1. The second kappa shape index (κ2) is 7.29. The third-order valence-corrected chi connectivity index (χ3v) is 5.03. The molecule has 0 aliphatic heterocycles. The number of benzene rings is 3. The summed E-state index contributed by atoms with van der Waals surface area (Å²) < 4.78 is 0. The zero-order valence-corrected chi connectivity index (χ0v) is 15.9. The molecular weight excluding hydrogens is 374 g/mol. The van der Waals surface area contributed by atoms with Crippen LogP contribution in [0.3, 0.4) is 0 Å². The summed E-state index contributed by atoms with van der Waals surface area (Å²) in [6.45, 7) is 0. The van der Waals surface area contributed by atoms with Gasteiger partial charge in [-0.1, -0.05) is 48.5 Å². The van der Waals surface area contributed by atoms with Gasteiger partial charge in [-0.25, -0.2) is 4.98 Å². The fourth-order valence-corrected chi connectivity index (χ4v) is 3.60. The van der Waals surface area contributed by atoms with Crippen molar-refractivity contribution in [1.29, 1.82) is 0 Å². The molecule has 5 nitrogen and oxygen atoms in total. The van der Waals surface area contributed by atoms with Crippen molar-refractivity contribution >= 4 is 33.4 Å². The van der Waals surface area contributed by atoms with Crippen LogP contribution in [0, 0.1) is 0 Å². The van der Waals surface area contributed by atoms with Crippen LogP contribution >= 0.6 is 0 Å². The van der Waals surface area contributed by atoms with Gasteiger partial charge in [0.1, 0.15) is 11.5 Å². The second-order valence-electron chi connectivity index (χ2n) is 6.92. The zero-order valence-electron chi connectivity index (χ0n) is 15.9. The van der Waals surface area contributed by atoms with Crippen LogP contribution in [0.5, 0.6) is 11.5 Å². The lowest BCUT2D eigenvalue weighted by Gasteiger charge is -2.08. The molecule has 144 valence electrons. The molecule has 0 aliphatic rings. The van der Waals surface area contributed by atoms with Crippen LogP contribution in [0.4, 0.5) is 5.69 Å². The maximum absolute atomic E-state index is 10.3. The van der Waals surface area contributed by atoms with Crippen molar-refractivity contribution in [2.45, 2.75) is 0 Å². The molecule has 3 aromatic carbocycles. The molecule has 2 aromatic heterocycles. The summed E-state index contributed by atoms with van der Waals surface area (Å²) in [5, 5.41) is 24.1. The Kier molecular flexibility index (Phi) is 4.33. The highest BCUT2D eigenvalue weighted by Gasteiger charge is 2.10. The highest BCUT2D eigenvalue weighted by atomic mass is 16.3. The summed E-state index contributed by atoms with van der Waals surface area (Å²) in [6.07, 6.45) is 4.72. The van der Waals surface area contributed by atoms with Gasteiger partial charge >= 0.3 is 0 Å². The average Bonchev–Trinajstić information content (AvgIpc) is 2.77. The number of nitrogens with zero attached hydrogens (tertiary/aromatic N) is 3. The molecule has 5 rings (SSSR count). The molecule has 0 unspecified atom stereocenters. The molecule has 0 saturated heterocycles. The molecule has 0 spiro atoms. The third-order valence-electron chi connectivity index (χ3n) is 5.03. The van der Waals surface area contributed by atoms with Crippen LogP contribution in [-0.4, -0.2) is 26.4 Å². The quantitative estimate of drug-likeness (QED) is 0.392. The summed E-state index contributed by atoms with van der Waals surface area (Å²) in [4.78, 5) is 13.3. The summed E-state index contributed by atoms with van der Waals surface area (Å²) in [7, 11) is 0. The minimum Gasteiger partial charge on any atom is -0.507 e. The van der Waals surface area contributed by atoms with Gasteiger partial charge in [-0.3, -0.25) is 9.98 Å². The Balaban J connectivity index is 1.69. The molecule has 0 radical (unpaired) electrons. The molecule has 5 aromatic rings. The molecule has 0 fully saturated rings. The first kappa shape index (κ1) is 17.8. The summed E-state index contributed by atoms with van der Waals surface area (Å²) in [5.41, 5.74) is 2.57. The van der Waals surface area contributed by atoms with E-state index in [1.54, 1.807) is 24.5 Å². The van der Waals surface area contributed by atoms with Crippen molar-refractivity contribution in [1.82, 2.24) is 9.97 Å². The Labute approximate surface area is 172 Å². The Morgan fingerprint density at radius 1 is 0.800 bits per heavy atom. The van der Waals surface area contributed by atoms with Gasteiger partial charge in [0.2, 0.25) is 0 Å². The molecule has 30 heavy (non-hydrogen) atoms. The number of aliphatic imine (C=N–C) groups is 1. The van der Waals surface area contributed by atoms with Gasteiger partial charge in [-0.2, -0.15) is 0 Å². The smallest absolute Gasteiger partial charge is 0.143 e. The number of hydrogen-bond acceptors (Lipinski definition) is 5. The Bertz CT molecular complexity index is 1420. The molecule has 0 amide bonds. The van der Waals surface area contributed by atoms with Crippen molar-refractivity contribution in [3.8, 4) is 22.8 Å². The number of phenolic OH excluding ortho intramolecular Hbond substituents is 1. The highest BCUT2D eigenvalue weighted by molar-refractivity contribution is 6.03. The van der Waals surface area contributed by atoms with E-state index in [0.717, 1.165) is 16.2 Å². The Hall–Kier alpha value is -4.25. The van der Waals surface area contributed by atoms with Gasteiger partial charge in [0.05, 0.1) is 29.5 Å². The molecule has 0 atom stereocenters. The number of phenols is 1. The second-order valence-corrected chi connectivity index (χ2v) is 6.92. The predicted molar refractivity (Wildman–Crippen MR) is 120 cm³/mol. The molecule has 0 saturated carbocycles. The summed E-state index contributed by atoms with van der Waals surface area (Å²) in [5.74, 6) is 0.260. The topological polar surface area (TPSA) is 78.6 Å². The van der Waals surface area contributed by atoms with E-state index >= 15 is 0 Å². The molecular formula is C25H17N3O2. The standard InChI is InChI=1S/C25H17N3O2/c29-23-10-4-7-16-6-3-9-20(25(16)23)27-14-22-18-8-2-1-5-17(18)13-21(28-22)19-11-12-26-15-24(19)30/h1-15,29-30H. The minimum absolute atomic E-state index is 0.0714. The first-order valence-electron chi connectivity index (χ1n) is 9.48. The molecule has 5 heteroatoms. The molecule has 0 aliphatic carbocycles. The summed E-state index contributed by atoms with van der Waals surface area (Å²) >= 11 is 0. The van der Waals surface area contributed by atoms with E-state index in [1.807, 2.05) is 60.7 Å². The first-order valence-corrected chi connectivity index (χ1v) is 9.48. The van der Waals surface area contributed by atoms with Crippen LogP contribution in [0.25, 0.3) is 32.8 Å². The lowest BCUT2D eigenvalue weighted by molar-refractivity contribution is 0.474. The lowest BCUT2D eigenvalue weighted by Crippen LogP contribution is -1.94. The molecule has 2 heterocycles. The number of fused-ring (bicyclic) bond motifs is 2. The Morgan fingerprint density at radius 3 is 2.47 bits per heavy atom. The van der Waals surface area contributed by atoms with E-state index in [2.05, 4.69) is 9.98 Å². The summed E-state index contributed by atoms with van der Waals surface area (Å²) in [6, 6.07) is 22.7. The van der Waals surface area contributed by atoms with Crippen LogP contribution in [0.2, 0.25) is 0 Å². The van der Waals surface area contributed by atoms with Gasteiger partial charge in [-0.15, -0.1) is 0 Å². The number of hydrogen-bond donors (Lipinski definition) is 2. The van der Waals surface area contributed by atoms with Crippen LogP contribution in [-0.2, 0) is 0 Å². The van der Waals surface area contributed by atoms with Gasteiger partial charge in [0.15, 0.2) is 0 Å². The Morgan fingerprint density at radius 2 is 1.60 bits per heavy atom. The lowest BCUT2D eigenvalue weighted by atomic mass is 10.1. The fraction of sp³-hybridized carbons (Fsp3) is 0. The van der Waals surface area contributed by atoms with Crippen molar-refractivity contribution in [3.63, 3.8) is 0 Å². The fourth-order valence-electron chi connectivity index (χ4n) is 3.60. The van der Waals surface area contributed by atoms with E-state index < -0.39 is 0 Å². The molecule has 2 N–H and O–H groups in total. The average molecular weight is 391 g/mol. The minimum atomic E-state index is 0.0714. The maximum Gasteiger partial charge on any atom is 0.143 e. The first-order chi connectivity index (χ1) is 14.7. The molecule has 0 bridgehead atoms. The highest BCUT2D eigenvalue weighted by Crippen LogP contribution is 2.34. The van der Waals surface area contributed by atoms with Crippen molar-refractivity contribution in [2.24, 2.45) is 4.99 Å². The third kappa shape index (κ3) is 3.12. The largest absolute Gasteiger partial charge is 0.507 e. The van der Waals surface area contributed by atoms with Gasteiger partial charge < -0.3 is 10.2 Å². The van der Waals surface area contributed by atoms with Crippen molar-refractivity contribution in [3.05, 3.63) is 90.9 Å². The van der Waals surface area contributed by atoms with Crippen LogP contribution in [0.1, 0.15) is 5.69 Å². The van der Waals surface area contributed by atoms with Gasteiger partial charge in [-0.05, 0) is 35.0 Å². The zero-order chi connectivity index (χ0) is 20.5. The van der Waals surface area contributed by atoms with Crippen LogP contribution in [0.15, 0.2) is 90.2 Å². The van der Waals surface area contributed by atoms with E-state index in [0.29, 0.717) is 28.0 Å². The number of aromatic nitrogens is 2. The number of pyridine rings is 2. The van der Waals surface area contributed by atoms with Crippen molar-refractivity contribution < 1.29 is 10.2 Å². The van der Waals surface area contributed by atoms with E-state index in [4.69, 9.17) is 4.98 Å². The predicted octanol–water partition coefficient (Wildman–Crippen LogP) is 5.61. The van der Waals surface area contributed by atoms with Crippen LogP contribution < -0.4 is 0 Å².